The third-order valence-electron chi connectivity index (χ3n) is 3.03. The molecule has 5 heteroatoms. The van der Waals surface area contributed by atoms with E-state index in [1.807, 2.05) is 18.2 Å². The number of oxime groups is 1. The quantitative estimate of drug-likeness (QED) is 0.375. The van der Waals surface area contributed by atoms with Crippen LogP contribution in [-0.4, -0.2) is 11.0 Å². The van der Waals surface area contributed by atoms with Gasteiger partial charge in [0.05, 0.1) is 0 Å². The number of rotatable bonds is 3. The summed E-state index contributed by atoms with van der Waals surface area (Å²) in [7, 11) is 0. The fourth-order valence-corrected chi connectivity index (χ4v) is 3.36. The second kappa shape index (κ2) is 6.33. The Labute approximate surface area is 131 Å². The molecule has 2 rings (SSSR count). The molecule has 2 aromatic rings. The Kier molecular flexibility index (Phi) is 4.73. The molecule has 0 aliphatic carbocycles. The van der Waals surface area contributed by atoms with Crippen molar-refractivity contribution in [3.63, 3.8) is 0 Å². The lowest BCUT2D eigenvalue weighted by Crippen LogP contribution is -2.14. The van der Waals surface area contributed by atoms with Crippen LogP contribution in [0.4, 0.5) is 0 Å². The molecule has 0 aromatic heterocycles. The molecule has 0 aliphatic heterocycles. The highest BCUT2D eigenvalue weighted by atomic mass is 79.9. The summed E-state index contributed by atoms with van der Waals surface area (Å²) in [6.45, 7) is 4.18. The lowest BCUT2D eigenvalue weighted by atomic mass is 10.1. The van der Waals surface area contributed by atoms with Gasteiger partial charge in [0.1, 0.15) is 0 Å². The van der Waals surface area contributed by atoms with Gasteiger partial charge in [-0.05, 0) is 55.3 Å². The van der Waals surface area contributed by atoms with Crippen molar-refractivity contribution in [1.82, 2.24) is 0 Å². The summed E-state index contributed by atoms with van der Waals surface area (Å²) in [5, 5.41) is 12.0. The number of hydrogen-bond acceptors (Lipinski definition) is 3. The topological polar surface area (TPSA) is 58.6 Å². The Morgan fingerprint density at radius 2 is 1.90 bits per heavy atom. The van der Waals surface area contributed by atoms with Gasteiger partial charge in [0.2, 0.25) is 0 Å². The molecule has 0 atom stereocenters. The predicted octanol–water partition coefficient (Wildman–Crippen LogP) is 4.31. The molecule has 0 saturated heterocycles. The minimum Gasteiger partial charge on any atom is -0.409 e. The van der Waals surface area contributed by atoms with Gasteiger partial charge in [-0.3, -0.25) is 0 Å². The van der Waals surface area contributed by atoms with E-state index in [0.717, 1.165) is 19.8 Å². The van der Waals surface area contributed by atoms with E-state index in [9.17, 15) is 0 Å². The van der Waals surface area contributed by atoms with E-state index in [2.05, 4.69) is 53.1 Å². The molecule has 0 saturated carbocycles. The van der Waals surface area contributed by atoms with Gasteiger partial charge in [0.25, 0.3) is 0 Å². The third-order valence-corrected chi connectivity index (χ3v) is 4.57. The van der Waals surface area contributed by atoms with Crippen molar-refractivity contribution >= 4 is 33.5 Å². The molecule has 0 fully saturated rings. The average Bonchev–Trinajstić information content (AvgIpc) is 2.42. The summed E-state index contributed by atoms with van der Waals surface area (Å²) in [4.78, 5) is 2.07. The van der Waals surface area contributed by atoms with Crippen LogP contribution in [0.5, 0.6) is 0 Å². The summed E-state index contributed by atoms with van der Waals surface area (Å²) >= 11 is 5.04. The van der Waals surface area contributed by atoms with E-state index in [0.29, 0.717) is 0 Å². The zero-order valence-electron chi connectivity index (χ0n) is 11.2. The molecule has 104 valence electrons. The van der Waals surface area contributed by atoms with Crippen molar-refractivity contribution in [1.29, 1.82) is 0 Å². The van der Waals surface area contributed by atoms with Crippen LogP contribution in [0.3, 0.4) is 0 Å². The van der Waals surface area contributed by atoms with Crippen LogP contribution in [0.1, 0.15) is 16.7 Å². The van der Waals surface area contributed by atoms with Crippen molar-refractivity contribution in [2.45, 2.75) is 23.6 Å². The molecule has 0 aliphatic rings. The Hall–Kier alpha value is -1.46. The van der Waals surface area contributed by atoms with Gasteiger partial charge in [-0.15, -0.1) is 0 Å². The van der Waals surface area contributed by atoms with Crippen LogP contribution in [0, 0.1) is 13.8 Å². The van der Waals surface area contributed by atoms with Gasteiger partial charge in [-0.25, -0.2) is 0 Å². The molecular weight excluding hydrogens is 336 g/mol. The Morgan fingerprint density at radius 1 is 1.15 bits per heavy atom. The van der Waals surface area contributed by atoms with Crippen LogP contribution in [-0.2, 0) is 0 Å². The highest BCUT2D eigenvalue weighted by Gasteiger charge is 2.10. The molecule has 0 unspecified atom stereocenters. The first-order valence-electron chi connectivity index (χ1n) is 6.04. The fourth-order valence-electron chi connectivity index (χ4n) is 1.75. The SMILES string of the molecule is Cc1ccc(Sc2cc(Br)ccc2/C(N)=N/O)cc1C. The maximum atomic E-state index is 8.87. The minimum absolute atomic E-state index is 0.115. The molecule has 3 N–H and O–H groups in total. The highest BCUT2D eigenvalue weighted by molar-refractivity contribution is 9.10. The summed E-state index contributed by atoms with van der Waals surface area (Å²) in [6.07, 6.45) is 0. The zero-order valence-corrected chi connectivity index (χ0v) is 13.6. The number of aryl methyl sites for hydroxylation is 2. The summed E-state index contributed by atoms with van der Waals surface area (Å²) < 4.78 is 0.957. The molecule has 0 amide bonds. The fraction of sp³-hybridized carbons (Fsp3) is 0.133. The van der Waals surface area contributed by atoms with Crippen LogP contribution >= 0.6 is 27.7 Å². The Morgan fingerprint density at radius 3 is 2.55 bits per heavy atom. The second-order valence-corrected chi connectivity index (χ2v) is 6.50. The van der Waals surface area contributed by atoms with Crippen molar-refractivity contribution < 1.29 is 5.21 Å². The van der Waals surface area contributed by atoms with E-state index < -0.39 is 0 Å². The normalized spacial score (nSPS) is 11.7. The molecule has 20 heavy (non-hydrogen) atoms. The third kappa shape index (κ3) is 3.35. The first kappa shape index (κ1) is 14.9. The second-order valence-electron chi connectivity index (χ2n) is 4.47. The number of halogens is 1. The minimum atomic E-state index is 0.115. The van der Waals surface area contributed by atoms with E-state index in [4.69, 9.17) is 10.9 Å². The number of hydrogen-bond donors (Lipinski definition) is 2. The smallest absolute Gasteiger partial charge is 0.171 e. The zero-order chi connectivity index (χ0) is 14.7. The van der Waals surface area contributed by atoms with E-state index in [1.54, 1.807) is 11.8 Å². The van der Waals surface area contributed by atoms with Gasteiger partial charge in [0.15, 0.2) is 5.84 Å². The average molecular weight is 351 g/mol. The predicted molar refractivity (Wildman–Crippen MR) is 86.7 cm³/mol. The first-order valence-corrected chi connectivity index (χ1v) is 7.65. The molecule has 0 radical (unpaired) electrons. The highest BCUT2D eigenvalue weighted by Crippen LogP contribution is 2.33. The van der Waals surface area contributed by atoms with Crippen LogP contribution in [0.25, 0.3) is 0 Å². The molecule has 2 aromatic carbocycles. The number of benzene rings is 2. The number of nitrogens with zero attached hydrogens (tertiary/aromatic N) is 1. The molecule has 0 heterocycles. The summed E-state index contributed by atoms with van der Waals surface area (Å²) in [5.74, 6) is 0.115. The van der Waals surface area contributed by atoms with Gasteiger partial charge in [-0.2, -0.15) is 0 Å². The van der Waals surface area contributed by atoms with E-state index in [-0.39, 0.29) is 5.84 Å². The maximum absolute atomic E-state index is 8.87. The Bertz CT molecular complexity index is 671. The van der Waals surface area contributed by atoms with Gasteiger partial charge < -0.3 is 10.9 Å². The largest absolute Gasteiger partial charge is 0.409 e. The molecular formula is C15H15BrN2OS. The standard InChI is InChI=1S/C15H15BrN2OS/c1-9-3-5-12(7-10(9)2)20-14-8-11(16)4-6-13(14)15(17)18-19/h3-8,19H,1-2H3,(H2,17,18). The molecule has 0 bridgehead atoms. The van der Waals surface area contributed by atoms with Gasteiger partial charge in [0, 0.05) is 19.8 Å². The lowest BCUT2D eigenvalue weighted by molar-refractivity contribution is 0.318. The van der Waals surface area contributed by atoms with Crippen molar-refractivity contribution in [3.8, 4) is 0 Å². The summed E-state index contributed by atoms with van der Waals surface area (Å²) in [5.41, 5.74) is 8.96. The van der Waals surface area contributed by atoms with Gasteiger partial charge >= 0.3 is 0 Å². The van der Waals surface area contributed by atoms with Crippen molar-refractivity contribution in [2.24, 2.45) is 10.9 Å². The first-order chi connectivity index (χ1) is 9.51. The molecule has 0 spiro atoms. The van der Waals surface area contributed by atoms with Crippen LogP contribution in [0.15, 0.2) is 55.8 Å². The van der Waals surface area contributed by atoms with E-state index in [1.165, 1.54) is 11.1 Å². The monoisotopic (exact) mass is 350 g/mol. The Balaban J connectivity index is 2.41. The van der Waals surface area contributed by atoms with Crippen molar-refractivity contribution in [3.05, 3.63) is 57.6 Å². The van der Waals surface area contributed by atoms with Crippen LogP contribution < -0.4 is 5.73 Å². The molecule has 3 nitrogen and oxygen atoms in total. The lowest BCUT2D eigenvalue weighted by Gasteiger charge is -2.10. The summed E-state index contributed by atoms with van der Waals surface area (Å²) in [6, 6.07) is 12.0. The van der Waals surface area contributed by atoms with E-state index >= 15 is 0 Å². The van der Waals surface area contributed by atoms with Crippen LogP contribution in [0.2, 0.25) is 0 Å². The number of amidine groups is 1. The van der Waals surface area contributed by atoms with Crippen molar-refractivity contribution in [2.75, 3.05) is 0 Å². The van der Waals surface area contributed by atoms with Gasteiger partial charge in [-0.1, -0.05) is 38.9 Å². The maximum Gasteiger partial charge on any atom is 0.171 e. The number of nitrogens with two attached hydrogens (primary N) is 1.